The zero-order chi connectivity index (χ0) is 11.7. The molecule has 3 N–H and O–H groups in total. The van der Waals surface area contributed by atoms with Crippen molar-refractivity contribution in [3.8, 4) is 5.75 Å². The monoisotopic (exact) mass is 230 g/mol. The van der Waals surface area contributed by atoms with E-state index in [1.165, 1.54) is 0 Å². The van der Waals surface area contributed by atoms with Crippen LogP contribution in [0.1, 0.15) is 5.69 Å². The number of rotatable bonds is 2. The number of fused-ring (bicyclic) bond motifs is 1. The molecule has 0 bridgehead atoms. The molecule has 0 saturated carbocycles. The summed E-state index contributed by atoms with van der Waals surface area (Å²) in [6.45, 7) is 2.28. The van der Waals surface area contributed by atoms with Crippen LogP contribution in [0.25, 0.3) is 0 Å². The standard InChI is InChI=1S/C12H14N4O/c13-12-9(14-8-15-12)7-16-5-6-17-11-4-2-1-3-10(11)16/h1-4,8H,5-7,13H2,(H,14,15). The van der Waals surface area contributed by atoms with Gasteiger partial charge in [0.1, 0.15) is 18.2 Å². The molecule has 0 spiro atoms. The SMILES string of the molecule is Nc1nc[nH]c1CN1CCOc2ccccc21. The van der Waals surface area contributed by atoms with Crippen molar-refractivity contribution >= 4 is 11.5 Å². The van der Waals surface area contributed by atoms with Gasteiger partial charge < -0.3 is 20.4 Å². The van der Waals surface area contributed by atoms with E-state index in [9.17, 15) is 0 Å². The fourth-order valence-corrected chi connectivity index (χ4v) is 2.04. The van der Waals surface area contributed by atoms with Crippen LogP contribution in [-0.4, -0.2) is 23.1 Å². The molecule has 0 aliphatic carbocycles. The van der Waals surface area contributed by atoms with E-state index >= 15 is 0 Å². The quantitative estimate of drug-likeness (QED) is 0.818. The van der Waals surface area contributed by atoms with Gasteiger partial charge in [0.2, 0.25) is 0 Å². The summed E-state index contributed by atoms with van der Waals surface area (Å²) in [4.78, 5) is 9.31. The molecule has 2 heterocycles. The molecule has 2 aromatic rings. The summed E-state index contributed by atoms with van der Waals surface area (Å²) < 4.78 is 5.60. The number of imidazole rings is 1. The first-order valence-corrected chi connectivity index (χ1v) is 5.59. The Hall–Kier alpha value is -2.17. The highest BCUT2D eigenvalue weighted by molar-refractivity contribution is 5.60. The Kier molecular flexibility index (Phi) is 2.36. The van der Waals surface area contributed by atoms with E-state index in [0.717, 1.165) is 30.2 Å². The van der Waals surface area contributed by atoms with E-state index in [1.807, 2.05) is 18.2 Å². The number of aromatic nitrogens is 2. The summed E-state index contributed by atoms with van der Waals surface area (Å²) >= 11 is 0. The van der Waals surface area contributed by atoms with Crippen molar-refractivity contribution in [3.63, 3.8) is 0 Å². The summed E-state index contributed by atoms with van der Waals surface area (Å²) in [5.74, 6) is 1.49. The first-order chi connectivity index (χ1) is 8.34. The fraction of sp³-hybridized carbons (Fsp3) is 0.250. The van der Waals surface area contributed by atoms with E-state index in [0.29, 0.717) is 12.4 Å². The second-order valence-corrected chi connectivity index (χ2v) is 4.00. The van der Waals surface area contributed by atoms with Crippen molar-refractivity contribution in [2.75, 3.05) is 23.8 Å². The van der Waals surface area contributed by atoms with Crippen molar-refractivity contribution in [2.45, 2.75) is 6.54 Å². The van der Waals surface area contributed by atoms with Gasteiger partial charge in [-0.25, -0.2) is 4.98 Å². The third-order valence-corrected chi connectivity index (χ3v) is 2.93. The van der Waals surface area contributed by atoms with Gasteiger partial charge in [-0.1, -0.05) is 12.1 Å². The molecule has 0 saturated heterocycles. The molecule has 3 rings (SSSR count). The van der Waals surface area contributed by atoms with Crippen LogP contribution in [0.5, 0.6) is 5.75 Å². The lowest BCUT2D eigenvalue weighted by atomic mass is 10.2. The van der Waals surface area contributed by atoms with Gasteiger partial charge in [-0.2, -0.15) is 0 Å². The maximum Gasteiger partial charge on any atom is 0.146 e. The lowest BCUT2D eigenvalue weighted by molar-refractivity contribution is 0.306. The Labute approximate surface area is 99.2 Å². The van der Waals surface area contributed by atoms with E-state index in [1.54, 1.807) is 6.33 Å². The van der Waals surface area contributed by atoms with Crippen LogP contribution in [0.3, 0.4) is 0 Å². The zero-order valence-corrected chi connectivity index (χ0v) is 9.39. The van der Waals surface area contributed by atoms with E-state index in [2.05, 4.69) is 20.9 Å². The molecule has 1 aliphatic heterocycles. The second-order valence-electron chi connectivity index (χ2n) is 4.00. The van der Waals surface area contributed by atoms with Crippen molar-refractivity contribution in [3.05, 3.63) is 36.3 Å². The topological polar surface area (TPSA) is 67.2 Å². The minimum absolute atomic E-state index is 0.564. The smallest absolute Gasteiger partial charge is 0.146 e. The van der Waals surface area contributed by atoms with Gasteiger partial charge in [-0.05, 0) is 12.1 Å². The lowest BCUT2D eigenvalue weighted by Crippen LogP contribution is -2.32. The molecule has 0 unspecified atom stereocenters. The normalized spacial score (nSPS) is 14.2. The summed E-state index contributed by atoms with van der Waals surface area (Å²) in [6, 6.07) is 8.03. The van der Waals surface area contributed by atoms with Crippen LogP contribution in [0, 0.1) is 0 Å². The van der Waals surface area contributed by atoms with Crippen molar-refractivity contribution in [1.82, 2.24) is 9.97 Å². The minimum atomic E-state index is 0.564. The molecule has 5 nitrogen and oxygen atoms in total. The highest BCUT2D eigenvalue weighted by Crippen LogP contribution is 2.32. The molecule has 5 heteroatoms. The van der Waals surface area contributed by atoms with Crippen molar-refractivity contribution in [2.24, 2.45) is 0 Å². The Morgan fingerprint density at radius 2 is 2.29 bits per heavy atom. The van der Waals surface area contributed by atoms with Crippen molar-refractivity contribution < 1.29 is 4.74 Å². The summed E-state index contributed by atoms with van der Waals surface area (Å²) in [5.41, 5.74) is 7.83. The molecule has 0 fully saturated rings. The molecular formula is C12H14N4O. The summed E-state index contributed by atoms with van der Waals surface area (Å²) in [7, 11) is 0. The molecule has 1 aromatic heterocycles. The molecule has 1 aromatic carbocycles. The predicted molar refractivity (Wildman–Crippen MR) is 66.0 cm³/mol. The molecule has 0 amide bonds. The van der Waals surface area contributed by atoms with Crippen LogP contribution in [0.2, 0.25) is 0 Å². The number of nitrogen functional groups attached to an aromatic ring is 1. The van der Waals surface area contributed by atoms with E-state index < -0.39 is 0 Å². The van der Waals surface area contributed by atoms with E-state index in [4.69, 9.17) is 10.5 Å². The summed E-state index contributed by atoms with van der Waals surface area (Å²) in [5, 5.41) is 0. The highest BCUT2D eigenvalue weighted by Gasteiger charge is 2.18. The van der Waals surface area contributed by atoms with Crippen LogP contribution in [-0.2, 0) is 6.54 Å². The van der Waals surface area contributed by atoms with Gasteiger partial charge in [-0.3, -0.25) is 0 Å². The van der Waals surface area contributed by atoms with Gasteiger partial charge in [-0.15, -0.1) is 0 Å². The Morgan fingerprint density at radius 3 is 3.12 bits per heavy atom. The Bertz CT molecular complexity index is 523. The number of nitrogens with two attached hydrogens (primary N) is 1. The third kappa shape index (κ3) is 1.80. The molecule has 88 valence electrons. The third-order valence-electron chi connectivity index (χ3n) is 2.93. The molecule has 17 heavy (non-hydrogen) atoms. The molecule has 0 radical (unpaired) electrons. The molecule has 0 atom stereocenters. The largest absolute Gasteiger partial charge is 0.490 e. The lowest BCUT2D eigenvalue weighted by Gasteiger charge is -2.30. The Morgan fingerprint density at radius 1 is 1.41 bits per heavy atom. The average molecular weight is 230 g/mol. The molecular weight excluding hydrogens is 216 g/mol. The number of hydrogen-bond acceptors (Lipinski definition) is 4. The Balaban J connectivity index is 1.88. The summed E-state index contributed by atoms with van der Waals surface area (Å²) in [6.07, 6.45) is 1.62. The number of nitrogens with one attached hydrogen (secondary N) is 1. The first kappa shape index (κ1) is 10.0. The average Bonchev–Trinajstić information content (AvgIpc) is 2.76. The second kappa shape index (κ2) is 4.01. The van der Waals surface area contributed by atoms with Gasteiger partial charge in [0.15, 0.2) is 0 Å². The van der Waals surface area contributed by atoms with Crippen molar-refractivity contribution in [1.29, 1.82) is 0 Å². The van der Waals surface area contributed by atoms with Crippen LogP contribution >= 0.6 is 0 Å². The number of benzene rings is 1. The number of hydrogen-bond donors (Lipinski definition) is 2. The van der Waals surface area contributed by atoms with Crippen LogP contribution in [0.15, 0.2) is 30.6 Å². The zero-order valence-electron chi connectivity index (χ0n) is 9.39. The maximum absolute atomic E-state index is 5.78. The number of H-pyrrole nitrogens is 1. The van der Waals surface area contributed by atoms with Gasteiger partial charge in [0, 0.05) is 0 Å². The van der Waals surface area contributed by atoms with Gasteiger partial charge in [0.05, 0.1) is 30.8 Å². The maximum atomic E-state index is 5.78. The predicted octanol–water partition coefficient (Wildman–Crippen LogP) is 1.39. The number of anilines is 2. The van der Waals surface area contributed by atoms with Crippen LogP contribution < -0.4 is 15.4 Å². The molecule has 1 aliphatic rings. The number of aromatic amines is 1. The number of para-hydroxylation sites is 2. The number of nitrogens with zero attached hydrogens (tertiary/aromatic N) is 2. The highest BCUT2D eigenvalue weighted by atomic mass is 16.5. The van der Waals surface area contributed by atoms with Gasteiger partial charge in [0.25, 0.3) is 0 Å². The van der Waals surface area contributed by atoms with E-state index in [-0.39, 0.29) is 0 Å². The van der Waals surface area contributed by atoms with Crippen LogP contribution in [0.4, 0.5) is 11.5 Å². The minimum Gasteiger partial charge on any atom is -0.490 e. The number of ether oxygens (including phenoxy) is 1. The van der Waals surface area contributed by atoms with Gasteiger partial charge >= 0.3 is 0 Å². The fourth-order valence-electron chi connectivity index (χ4n) is 2.04. The first-order valence-electron chi connectivity index (χ1n) is 5.59.